The van der Waals surface area contributed by atoms with Crippen LogP contribution < -0.4 is 0 Å². The smallest absolute Gasteiger partial charge is 0.124 e. The van der Waals surface area contributed by atoms with Crippen LogP contribution in [0, 0.1) is 12.7 Å². The Hall–Kier alpha value is 0.1000. The highest BCUT2D eigenvalue weighted by Crippen LogP contribution is 2.40. The summed E-state index contributed by atoms with van der Waals surface area (Å²) in [5, 5.41) is -0.338. The zero-order valence-electron chi connectivity index (χ0n) is 8.81. The van der Waals surface area contributed by atoms with Crippen molar-refractivity contribution in [3.8, 4) is 0 Å². The Morgan fingerprint density at radius 2 is 1.94 bits per heavy atom. The number of hydrogen-bond acceptors (Lipinski definition) is 1. The molecule has 0 aliphatic carbocycles. The normalized spacial score (nSPS) is 12.8. The van der Waals surface area contributed by atoms with E-state index in [2.05, 4.69) is 31.9 Å². The largest absolute Gasteiger partial charge is 0.207 e. The highest BCUT2D eigenvalue weighted by Gasteiger charge is 2.17. The van der Waals surface area contributed by atoms with Gasteiger partial charge in [0.15, 0.2) is 0 Å². The van der Waals surface area contributed by atoms with Crippen molar-refractivity contribution in [2.24, 2.45) is 0 Å². The van der Waals surface area contributed by atoms with Crippen LogP contribution in [-0.4, -0.2) is 0 Å². The fraction of sp³-hybridized carbons (Fsp3) is 0.167. The van der Waals surface area contributed by atoms with Gasteiger partial charge in [-0.05, 0) is 52.7 Å². The molecule has 0 amide bonds. The van der Waals surface area contributed by atoms with Crippen molar-refractivity contribution >= 4 is 54.8 Å². The number of alkyl halides is 1. The number of thiophene rings is 1. The molecule has 1 atom stereocenters. The maximum atomic E-state index is 13.3. The summed E-state index contributed by atoms with van der Waals surface area (Å²) in [6.45, 7) is 2.02. The van der Waals surface area contributed by atoms with Crippen LogP contribution >= 0.6 is 54.8 Å². The predicted octanol–water partition coefficient (Wildman–Crippen LogP) is 6.05. The SMILES string of the molecule is Cc1cc(Br)c(C(Cl)c2cc(F)cc(Br)c2)s1. The van der Waals surface area contributed by atoms with Crippen molar-refractivity contribution in [2.75, 3.05) is 0 Å². The summed E-state index contributed by atoms with van der Waals surface area (Å²) in [5.41, 5.74) is 0.751. The summed E-state index contributed by atoms with van der Waals surface area (Å²) in [5.74, 6) is -0.288. The zero-order chi connectivity index (χ0) is 12.6. The first-order valence-corrected chi connectivity index (χ1v) is 7.67. The molecule has 0 aliphatic rings. The number of halogens is 4. The van der Waals surface area contributed by atoms with Gasteiger partial charge in [0.05, 0.1) is 5.38 Å². The van der Waals surface area contributed by atoms with E-state index in [1.54, 1.807) is 11.3 Å². The lowest BCUT2D eigenvalue weighted by Gasteiger charge is -2.09. The highest BCUT2D eigenvalue weighted by molar-refractivity contribution is 9.10. The molecule has 1 heterocycles. The molecule has 0 aliphatic heterocycles. The zero-order valence-corrected chi connectivity index (χ0v) is 13.6. The maximum absolute atomic E-state index is 13.3. The van der Waals surface area contributed by atoms with Crippen LogP contribution in [0.3, 0.4) is 0 Å². The maximum Gasteiger partial charge on any atom is 0.124 e. The summed E-state index contributed by atoms with van der Waals surface area (Å²) in [7, 11) is 0. The van der Waals surface area contributed by atoms with Crippen molar-refractivity contribution in [3.05, 3.63) is 54.3 Å². The van der Waals surface area contributed by atoms with E-state index in [0.717, 1.165) is 14.9 Å². The quantitative estimate of drug-likeness (QED) is 0.540. The van der Waals surface area contributed by atoms with Gasteiger partial charge in [0, 0.05) is 18.7 Å². The fourth-order valence-electron chi connectivity index (χ4n) is 1.55. The summed E-state index contributed by atoms with van der Waals surface area (Å²) >= 11 is 14.7. The van der Waals surface area contributed by atoms with Gasteiger partial charge in [-0.25, -0.2) is 4.39 Å². The highest BCUT2D eigenvalue weighted by atomic mass is 79.9. The molecule has 0 saturated carbocycles. The third-order valence-corrected chi connectivity index (χ3v) is 5.34. The van der Waals surface area contributed by atoms with Crippen LogP contribution in [0.1, 0.15) is 20.7 Å². The first-order valence-electron chi connectivity index (χ1n) is 4.83. The van der Waals surface area contributed by atoms with E-state index in [0.29, 0.717) is 4.47 Å². The molecule has 0 N–H and O–H groups in total. The molecular formula is C12H8Br2ClFS. The lowest BCUT2D eigenvalue weighted by Crippen LogP contribution is -1.92. The number of hydrogen-bond donors (Lipinski definition) is 0. The molecule has 1 unspecified atom stereocenters. The van der Waals surface area contributed by atoms with Gasteiger partial charge in [-0.1, -0.05) is 15.9 Å². The molecule has 0 nitrogen and oxygen atoms in total. The van der Waals surface area contributed by atoms with Gasteiger partial charge in [0.2, 0.25) is 0 Å². The third-order valence-electron chi connectivity index (χ3n) is 2.24. The Kier molecular flexibility index (Phi) is 4.29. The van der Waals surface area contributed by atoms with Crippen molar-refractivity contribution in [3.63, 3.8) is 0 Å². The third kappa shape index (κ3) is 3.11. The van der Waals surface area contributed by atoms with E-state index in [4.69, 9.17) is 11.6 Å². The van der Waals surface area contributed by atoms with E-state index in [1.165, 1.54) is 17.0 Å². The van der Waals surface area contributed by atoms with Crippen LogP contribution in [0.4, 0.5) is 4.39 Å². The van der Waals surface area contributed by atoms with E-state index in [-0.39, 0.29) is 11.2 Å². The van der Waals surface area contributed by atoms with Crippen LogP contribution in [0.25, 0.3) is 0 Å². The topological polar surface area (TPSA) is 0 Å². The standard InChI is InChI=1S/C12H8Br2ClFS/c1-6-2-10(14)12(17-6)11(15)7-3-8(13)5-9(16)4-7/h2-5,11H,1H3. The number of aryl methyl sites for hydroxylation is 1. The predicted molar refractivity (Wildman–Crippen MR) is 78.6 cm³/mol. The van der Waals surface area contributed by atoms with Gasteiger partial charge in [0.25, 0.3) is 0 Å². The lowest BCUT2D eigenvalue weighted by atomic mass is 10.1. The first kappa shape index (κ1) is 13.5. The summed E-state index contributed by atoms with van der Waals surface area (Å²) in [6.07, 6.45) is 0. The molecule has 1 aromatic carbocycles. The average Bonchev–Trinajstić information content (AvgIpc) is 2.55. The number of benzene rings is 1. The molecule has 2 rings (SSSR count). The number of rotatable bonds is 2. The molecule has 90 valence electrons. The van der Waals surface area contributed by atoms with E-state index in [1.807, 2.05) is 19.1 Å². The summed E-state index contributed by atoms with van der Waals surface area (Å²) in [4.78, 5) is 2.18. The molecule has 0 fully saturated rings. The minimum Gasteiger partial charge on any atom is -0.207 e. The van der Waals surface area contributed by atoms with E-state index in [9.17, 15) is 4.39 Å². The molecule has 0 spiro atoms. The second-order valence-corrected chi connectivity index (χ2v) is 7.13. The molecule has 5 heteroatoms. The Morgan fingerprint density at radius 1 is 1.24 bits per heavy atom. The minimum absolute atomic E-state index is 0.288. The minimum atomic E-state index is -0.338. The van der Waals surface area contributed by atoms with Gasteiger partial charge in [-0.15, -0.1) is 22.9 Å². The van der Waals surface area contributed by atoms with E-state index < -0.39 is 0 Å². The van der Waals surface area contributed by atoms with Crippen molar-refractivity contribution in [2.45, 2.75) is 12.3 Å². The van der Waals surface area contributed by atoms with Crippen molar-refractivity contribution in [1.82, 2.24) is 0 Å². The molecular weight excluding hydrogens is 390 g/mol. The molecule has 0 bridgehead atoms. The average molecular weight is 399 g/mol. The Morgan fingerprint density at radius 3 is 2.47 bits per heavy atom. The molecule has 0 saturated heterocycles. The van der Waals surface area contributed by atoms with Gasteiger partial charge < -0.3 is 0 Å². The molecule has 0 radical (unpaired) electrons. The summed E-state index contributed by atoms with van der Waals surface area (Å²) < 4.78 is 15.0. The second kappa shape index (κ2) is 5.39. The van der Waals surface area contributed by atoms with Crippen LogP contribution in [0.2, 0.25) is 0 Å². The summed E-state index contributed by atoms with van der Waals surface area (Å²) in [6, 6.07) is 6.73. The van der Waals surface area contributed by atoms with Crippen LogP contribution in [-0.2, 0) is 0 Å². The lowest BCUT2D eigenvalue weighted by molar-refractivity contribution is 0.625. The fourth-order valence-corrected chi connectivity index (χ4v) is 4.43. The van der Waals surface area contributed by atoms with Gasteiger partial charge >= 0.3 is 0 Å². The van der Waals surface area contributed by atoms with Crippen molar-refractivity contribution in [1.29, 1.82) is 0 Å². The van der Waals surface area contributed by atoms with Gasteiger partial charge in [-0.3, -0.25) is 0 Å². The Labute approximate surface area is 125 Å². The van der Waals surface area contributed by atoms with E-state index >= 15 is 0 Å². The van der Waals surface area contributed by atoms with Crippen LogP contribution in [0.15, 0.2) is 33.2 Å². The molecule has 17 heavy (non-hydrogen) atoms. The first-order chi connectivity index (χ1) is 7.97. The Balaban J connectivity index is 2.43. The molecule has 1 aromatic heterocycles. The monoisotopic (exact) mass is 396 g/mol. The second-order valence-electron chi connectivity index (χ2n) is 3.63. The van der Waals surface area contributed by atoms with Crippen molar-refractivity contribution < 1.29 is 4.39 Å². The van der Waals surface area contributed by atoms with Gasteiger partial charge in [-0.2, -0.15) is 0 Å². The Bertz CT molecular complexity index is 533. The molecule has 2 aromatic rings. The van der Waals surface area contributed by atoms with Crippen LogP contribution in [0.5, 0.6) is 0 Å². The van der Waals surface area contributed by atoms with Gasteiger partial charge in [0.1, 0.15) is 5.82 Å².